The molecule has 0 unspecified atom stereocenters. The van der Waals surface area contributed by atoms with Gasteiger partial charge in [-0.3, -0.25) is 10.1 Å². The smallest absolute Gasteiger partial charge is 0.264 e. The molecule has 1 heterocycles. The first-order chi connectivity index (χ1) is 12.4. The highest BCUT2D eigenvalue weighted by molar-refractivity contribution is 7.14. The van der Waals surface area contributed by atoms with Crippen molar-refractivity contribution >= 4 is 22.4 Å². The number of carbonyl (C=O) groups is 1. The van der Waals surface area contributed by atoms with Gasteiger partial charge in [-0.05, 0) is 68.1 Å². The van der Waals surface area contributed by atoms with Crippen LogP contribution in [-0.2, 0) is 4.79 Å². The second-order valence-electron chi connectivity index (χ2n) is 6.42. The molecule has 0 aliphatic rings. The predicted octanol–water partition coefficient (Wildman–Crippen LogP) is 5.06. The molecule has 0 saturated carbocycles. The number of thiazole rings is 1. The van der Waals surface area contributed by atoms with Gasteiger partial charge in [0.1, 0.15) is 5.75 Å². The number of amides is 1. The Kier molecular flexibility index (Phi) is 5.38. The summed E-state index contributed by atoms with van der Waals surface area (Å²) in [5, 5.41) is 5.32. The van der Waals surface area contributed by atoms with E-state index in [0.29, 0.717) is 10.9 Å². The highest BCUT2D eigenvalue weighted by Crippen LogP contribution is 2.26. The van der Waals surface area contributed by atoms with Crippen LogP contribution in [0, 0.1) is 27.7 Å². The van der Waals surface area contributed by atoms with Crippen molar-refractivity contribution in [2.75, 3.05) is 11.9 Å². The largest absolute Gasteiger partial charge is 0.484 e. The molecule has 0 atom stereocenters. The monoisotopic (exact) mass is 366 g/mol. The Morgan fingerprint density at radius 1 is 1.00 bits per heavy atom. The van der Waals surface area contributed by atoms with E-state index in [-0.39, 0.29) is 12.5 Å². The summed E-state index contributed by atoms with van der Waals surface area (Å²) in [6, 6.07) is 12.0. The normalized spacial score (nSPS) is 10.6. The van der Waals surface area contributed by atoms with Crippen LogP contribution in [0.25, 0.3) is 11.3 Å². The molecule has 0 fully saturated rings. The minimum absolute atomic E-state index is 0.0406. The predicted molar refractivity (Wildman–Crippen MR) is 107 cm³/mol. The molecule has 0 spiro atoms. The summed E-state index contributed by atoms with van der Waals surface area (Å²) in [6.07, 6.45) is 0. The number of anilines is 1. The molecule has 4 nitrogen and oxygen atoms in total. The molecule has 0 aliphatic carbocycles. The Bertz CT molecular complexity index is 947. The maximum absolute atomic E-state index is 12.1. The summed E-state index contributed by atoms with van der Waals surface area (Å²) in [5.74, 6) is 0.474. The number of ether oxygens (including phenoxy) is 1. The fourth-order valence-corrected chi connectivity index (χ4v) is 3.21. The summed E-state index contributed by atoms with van der Waals surface area (Å²) in [6.45, 7) is 8.19. The maximum Gasteiger partial charge on any atom is 0.264 e. The molecule has 0 saturated heterocycles. The van der Waals surface area contributed by atoms with Gasteiger partial charge in [-0.2, -0.15) is 0 Å². The van der Waals surface area contributed by atoms with Gasteiger partial charge >= 0.3 is 0 Å². The highest BCUT2D eigenvalue weighted by atomic mass is 32.1. The van der Waals surface area contributed by atoms with Crippen LogP contribution in [0.5, 0.6) is 5.75 Å². The fourth-order valence-electron chi connectivity index (χ4n) is 2.47. The van der Waals surface area contributed by atoms with Crippen molar-refractivity contribution in [3.8, 4) is 17.0 Å². The van der Waals surface area contributed by atoms with Crippen LogP contribution in [0.2, 0.25) is 0 Å². The number of hydrogen-bond acceptors (Lipinski definition) is 4. The van der Waals surface area contributed by atoms with Crippen molar-refractivity contribution in [2.45, 2.75) is 27.7 Å². The van der Waals surface area contributed by atoms with Crippen LogP contribution in [0.15, 0.2) is 41.8 Å². The zero-order valence-electron chi connectivity index (χ0n) is 15.4. The van der Waals surface area contributed by atoms with E-state index in [1.807, 2.05) is 43.5 Å². The zero-order valence-corrected chi connectivity index (χ0v) is 16.2. The van der Waals surface area contributed by atoms with Gasteiger partial charge in [-0.15, -0.1) is 11.3 Å². The average Bonchev–Trinajstić information content (AvgIpc) is 3.07. The van der Waals surface area contributed by atoms with Crippen LogP contribution in [0.1, 0.15) is 22.3 Å². The van der Waals surface area contributed by atoms with E-state index in [0.717, 1.165) is 16.8 Å². The van der Waals surface area contributed by atoms with E-state index in [1.54, 1.807) is 0 Å². The van der Waals surface area contributed by atoms with Crippen molar-refractivity contribution in [1.29, 1.82) is 0 Å². The number of aromatic nitrogens is 1. The Hall–Kier alpha value is -2.66. The summed E-state index contributed by atoms with van der Waals surface area (Å²) in [7, 11) is 0. The number of aryl methyl sites for hydroxylation is 4. The number of carbonyl (C=O) groups excluding carboxylic acids is 1. The topological polar surface area (TPSA) is 51.2 Å². The number of nitrogens with zero attached hydrogens (tertiary/aromatic N) is 1. The average molecular weight is 366 g/mol. The van der Waals surface area contributed by atoms with Crippen LogP contribution >= 0.6 is 11.3 Å². The van der Waals surface area contributed by atoms with Gasteiger partial charge in [0.2, 0.25) is 0 Å². The minimum Gasteiger partial charge on any atom is -0.484 e. The standard InChI is InChI=1S/C21H22N2O2S/c1-13-5-7-17(9-15(13)3)19-12-26-21(22-19)23-20(24)11-25-18-8-6-14(2)16(4)10-18/h5-10,12H,11H2,1-4H3,(H,22,23,24). The number of nitrogens with one attached hydrogen (secondary N) is 1. The third kappa shape index (κ3) is 4.29. The fraction of sp³-hybridized carbons (Fsp3) is 0.238. The van der Waals surface area contributed by atoms with Gasteiger partial charge < -0.3 is 4.74 Å². The molecule has 0 radical (unpaired) electrons. The van der Waals surface area contributed by atoms with Crippen LogP contribution < -0.4 is 10.1 Å². The summed E-state index contributed by atoms with van der Waals surface area (Å²) >= 11 is 1.41. The van der Waals surface area contributed by atoms with E-state index >= 15 is 0 Å². The van der Waals surface area contributed by atoms with Crippen LogP contribution in [-0.4, -0.2) is 17.5 Å². The lowest BCUT2D eigenvalue weighted by Crippen LogP contribution is -2.20. The Balaban J connectivity index is 1.60. The second kappa shape index (κ2) is 7.70. The first-order valence-electron chi connectivity index (χ1n) is 8.45. The van der Waals surface area contributed by atoms with Crippen LogP contribution in [0.4, 0.5) is 5.13 Å². The molecule has 26 heavy (non-hydrogen) atoms. The van der Waals surface area contributed by atoms with Gasteiger partial charge in [-0.25, -0.2) is 4.98 Å². The Morgan fingerprint density at radius 2 is 1.69 bits per heavy atom. The lowest BCUT2D eigenvalue weighted by Gasteiger charge is -2.08. The maximum atomic E-state index is 12.1. The summed E-state index contributed by atoms with van der Waals surface area (Å²) in [4.78, 5) is 16.6. The molecule has 0 aliphatic heterocycles. The van der Waals surface area contributed by atoms with Crippen molar-refractivity contribution in [2.24, 2.45) is 0 Å². The summed E-state index contributed by atoms with van der Waals surface area (Å²) < 4.78 is 5.56. The van der Waals surface area contributed by atoms with Crippen molar-refractivity contribution in [1.82, 2.24) is 4.98 Å². The molecule has 1 N–H and O–H groups in total. The molecular weight excluding hydrogens is 344 g/mol. The van der Waals surface area contributed by atoms with E-state index in [9.17, 15) is 4.79 Å². The number of hydrogen-bond donors (Lipinski definition) is 1. The molecule has 1 aromatic heterocycles. The first kappa shape index (κ1) is 18.1. The third-order valence-corrected chi connectivity index (χ3v) is 5.16. The third-order valence-electron chi connectivity index (χ3n) is 4.40. The van der Waals surface area contributed by atoms with E-state index < -0.39 is 0 Å². The van der Waals surface area contributed by atoms with Crippen molar-refractivity contribution in [3.63, 3.8) is 0 Å². The molecule has 0 bridgehead atoms. The Labute approximate surface area is 157 Å². The lowest BCUT2D eigenvalue weighted by molar-refractivity contribution is -0.118. The molecule has 134 valence electrons. The van der Waals surface area contributed by atoms with E-state index in [1.165, 1.54) is 28.0 Å². The number of benzene rings is 2. The van der Waals surface area contributed by atoms with Crippen LogP contribution in [0.3, 0.4) is 0 Å². The summed E-state index contributed by atoms with van der Waals surface area (Å²) in [5.41, 5.74) is 6.73. The lowest BCUT2D eigenvalue weighted by atomic mass is 10.1. The molecule has 5 heteroatoms. The van der Waals surface area contributed by atoms with Gasteiger partial charge in [-0.1, -0.05) is 18.2 Å². The molecule has 1 amide bonds. The minimum atomic E-state index is -0.218. The van der Waals surface area contributed by atoms with Gasteiger partial charge in [0, 0.05) is 10.9 Å². The van der Waals surface area contributed by atoms with E-state index in [2.05, 4.69) is 36.3 Å². The SMILES string of the molecule is Cc1ccc(OCC(=O)Nc2nc(-c3ccc(C)c(C)c3)cs2)cc1C. The van der Waals surface area contributed by atoms with E-state index in [4.69, 9.17) is 4.74 Å². The van der Waals surface area contributed by atoms with Gasteiger partial charge in [0.05, 0.1) is 5.69 Å². The van der Waals surface area contributed by atoms with Crippen molar-refractivity contribution in [3.05, 3.63) is 64.0 Å². The molecular formula is C21H22N2O2S. The Morgan fingerprint density at radius 3 is 2.38 bits per heavy atom. The molecule has 2 aromatic carbocycles. The number of rotatable bonds is 5. The van der Waals surface area contributed by atoms with Gasteiger partial charge in [0.15, 0.2) is 11.7 Å². The zero-order chi connectivity index (χ0) is 18.7. The highest BCUT2D eigenvalue weighted by Gasteiger charge is 2.10. The first-order valence-corrected chi connectivity index (χ1v) is 9.33. The quantitative estimate of drug-likeness (QED) is 0.686. The molecule has 3 rings (SSSR count). The van der Waals surface area contributed by atoms with Crippen molar-refractivity contribution < 1.29 is 9.53 Å². The van der Waals surface area contributed by atoms with Gasteiger partial charge in [0.25, 0.3) is 5.91 Å². The second-order valence-corrected chi connectivity index (χ2v) is 7.28. The molecule has 3 aromatic rings.